The van der Waals surface area contributed by atoms with E-state index in [4.69, 9.17) is 9.47 Å². The van der Waals surface area contributed by atoms with Crippen molar-refractivity contribution in [1.29, 1.82) is 0 Å². The Morgan fingerprint density at radius 3 is 1.10 bits per heavy atom. The molecule has 6 aromatic carbocycles. The van der Waals surface area contributed by atoms with Crippen LogP contribution in [0.15, 0.2) is 133 Å². The number of para-hydroxylation sites is 4. The Balaban J connectivity index is 1.24. The van der Waals surface area contributed by atoms with Crippen LogP contribution in [0, 0.1) is 0 Å². The van der Waals surface area contributed by atoms with Crippen LogP contribution in [0.25, 0.3) is 20.2 Å². The van der Waals surface area contributed by atoms with E-state index >= 15 is 0 Å². The summed E-state index contributed by atoms with van der Waals surface area (Å²) in [5.74, 6) is 3.74. The average molecular weight is 540 g/mol. The molecule has 5 heteroatoms. The second-order valence-electron chi connectivity index (χ2n) is 10.8. The van der Waals surface area contributed by atoms with Gasteiger partial charge in [-0.1, -0.05) is 108 Å². The van der Waals surface area contributed by atoms with Crippen LogP contribution in [0.3, 0.4) is 0 Å². The molecule has 0 saturated carbocycles. The summed E-state index contributed by atoms with van der Waals surface area (Å²) in [6.07, 6.45) is 0. The maximum atomic E-state index is 6.30. The zero-order valence-electron chi connectivity index (χ0n) is 22.1. The Morgan fingerprint density at radius 2 is 0.732 bits per heavy atom. The summed E-state index contributed by atoms with van der Waals surface area (Å²) in [6.45, 7) is 0.237. The molecule has 9 rings (SSSR count). The molecule has 0 unspecified atom stereocenters. The topological polar surface area (TPSA) is 18.5 Å². The lowest BCUT2D eigenvalue weighted by atomic mass is 9.35. The van der Waals surface area contributed by atoms with E-state index in [1.54, 1.807) is 0 Å². The molecule has 0 atom stereocenters. The summed E-state index contributed by atoms with van der Waals surface area (Å²) >= 11 is 1.87. The highest BCUT2D eigenvalue weighted by atomic mass is 32.1. The number of rotatable bonds is 2. The lowest BCUT2D eigenvalue weighted by Crippen LogP contribution is -2.54. The maximum absolute atomic E-state index is 6.30. The van der Waals surface area contributed by atoms with Gasteiger partial charge in [0.05, 0.1) is 0 Å². The minimum absolute atomic E-state index is 0.118. The van der Waals surface area contributed by atoms with Crippen LogP contribution in [0.1, 0.15) is 0 Å². The van der Waals surface area contributed by atoms with Crippen molar-refractivity contribution in [2.75, 3.05) is 0 Å². The van der Waals surface area contributed by atoms with Crippen molar-refractivity contribution in [3.05, 3.63) is 133 Å². The van der Waals surface area contributed by atoms with Gasteiger partial charge in [0.1, 0.15) is 23.0 Å². The first-order chi connectivity index (χ1) is 20.3. The van der Waals surface area contributed by atoms with Crippen molar-refractivity contribution in [1.82, 2.24) is 0 Å². The summed E-state index contributed by atoms with van der Waals surface area (Å²) in [7, 11) is 0. The van der Waals surface area contributed by atoms with E-state index in [-0.39, 0.29) is 13.4 Å². The fourth-order valence-corrected chi connectivity index (χ4v) is 7.78. The normalized spacial score (nSPS) is 13.2. The molecule has 1 aromatic heterocycles. The van der Waals surface area contributed by atoms with Crippen molar-refractivity contribution in [3.8, 4) is 23.0 Å². The van der Waals surface area contributed by atoms with Gasteiger partial charge in [0, 0.05) is 9.40 Å². The number of fused-ring (bicyclic) bond motifs is 7. The van der Waals surface area contributed by atoms with Crippen LogP contribution in [-0.4, -0.2) is 13.4 Å². The van der Waals surface area contributed by atoms with Crippen molar-refractivity contribution in [3.63, 3.8) is 0 Å². The monoisotopic (exact) mass is 540 g/mol. The Morgan fingerprint density at radius 1 is 0.390 bits per heavy atom. The zero-order chi connectivity index (χ0) is 26.9. The summed E-state index contributed by atoms with van der Waals surface area (Å²) < 4.78 is 15.2. The van der Waals surface area contributed by atoms with E-state index in [1.165, 1.54) is 52.9 Å². The number of thiophene rings is 1. The molecule has 2 nitrogen and oxygen atoms in total. The second kappa shape index (κ2) is 8.89. The van der Waals surface area contributed by atoms with Gasteiger partial charge in [0.2, 0.25) is 0 Å². The molecule has 0 aliphatic carbocycles. The van der Waals surface area contributed by atoms with Crippen molar-refractivity contribution in [2.24, 2.45) is 0 Å². The van der Waals surface area contributed by atoms with E-state index in [1.807, 2.05) is 35.6 Å². The molecule has 0 spiro atoms. The Kier molecular flexibility index (Phi) is 4.99. The molecule has 3 heterocycles. The predicted octanol–water partition coefficient (Wildman–Crippen LogP) is 5.30. The number of benzene rings is 6. The fraction of sp³-hybridized carbons (Fsp3) is 0. The zero-order valence-corrected chi connectivity index (χ0v) is 22.9. The van der Waals surface area contributed by atoms with Crippen LogP contribution < -0.4 is 42.3 Å². The van der Waals surface area contributed by atoms with Crippen LogP contribution >= 0.6 is 11.3 Å². The van der Waals surface area contributed by atoms with Crippen molar-refractivity contribution in [2.45, 2.75) is 0 Å². The Labute approximate surface area is 243 Å². The molecule has 0 bridgehead atoms. The van der Waals surface area contributed by atoms with Gasteiger partial charge in [-0.25, -0.2) is 0 Å². The molecule has 41 heavy (non-hydrogen) atoms. The van der Waals surface area contributed by atoms with Gasteiger partial charge in [0.15, 0.2) is 0 Å². The quantitative estimate of drug-likeness (QED) is 0.278. The predicted molar refractivity (Wildman–Crippen MR) is 175 cm³/mol. The minimum Gasteiger partial charge on any atom is -0.458 e. The van der Waals surface area contributed by atoms with Gasteiger partial charge in [-0.2, -0.15) is 0 Å². The third-order valence-electron chi connectivity index (χ3n) is 8.54. The van der Waals surface area contributed by atoms with Gasteiger partial charge in [0.25, 0.3) is 13.4 Å². The van der Waals surface area contributed by atoms with Crippen LogP contribution in [0.4, 0.5) is 0 Å². The van der Waals surface area contributed by atoms with Gasteiger partial charge in [-0.15, -0.1) is 11.3 Å². The highest BCUT2D eigenvalue weighted by Crippen LogP contribution is 2.34. The molecule has 0 N–H and O–H groups in total. The highest BCUT2D eigenvalue weighted by Gasteiger charge is 2.33. The summed E-state index contributed by atoms with van der Waals surface area (Å²) in [4.78, 5) is 0. The molecule has 190 valence electrons. The molecule has 0 amide bonds. The standard InChI is InChI=1S/C36H22B2O2S/c1-5-13-31-27(9-1)37(28-10-2-6-14-32(28)39-31)23-17-19-35-25(21-23)26-22-24(18-20-36(26)41-35)38-29-11-3-7-15-33(29)40-34-16-8-4-12-30(34)38/h1-22H. The van der Waals surface area contributed by atoms with Gasteiger partial charge < -0.3 is 9.47 Å². The van der Waals surface area contributed by atoms with Gasteiger partial charge >= 0.3 is 0 Å². The summed E-state index contributed by atoms with van der Waals surface area (Å²) in [5, 5.41) is 2.61. The maximum Gasteiger partial charge on any atom is 0.250 e. The largest absolute Gasteiger partial charge is 0.458 e. The number of hydrogen-bond donors (Lipinski definition) is 0. The van der Waals surface area contributed by atoms with Gasteiger partial charge in [-0.05, 0) is 69.0 Å². The first-order valence-electron chi connectivity index (χ1n) is 14.0. The lowest BCUT2D eigenvalue weighted by Gasteiger charge is -2.26. The van der Waals surface area contributed by atoms with Crippen molar-refractivity contribution < 1.29 is 9.47 Å². The van der Waals surface area contributed by atoms with E-state index in [0.717, 1.165) is 23.0 Å². The molecule has 0 radical (unpaired) electrons. The summed E-state index contributed by atoms with van der Waals surface area (Å²) in [6, 6.07) is 47.7. The van der Waals surface area contributed by atoms with E-state index in [9.17, 15) is 0 Å². The Hall–Kier alpha value is -4.73. The number of hydrogen-bond acceptors (Lipinski definition) is 3. The van der Waals surface area contributed by atoms with E-state index in [0.29, 0.717) is 0 Å². The molecule has 7 aromatic rings. The van der Waals surface area contributed by atoms with Gasteiger partial charge in [-0.3, -0.25) is 0 Å². The fourth-order valence-electron chi connectivity index (χ4n) is 6.71. The van der Waals surface area contributed by atoms with Crippen molar-refractivity contribution >= 4 is 77.7 Å². The Bertz CT molecular complexity index is 1910. The lowest BCUT2D eigenvalue weighted by molar-refractivity contribution is 0.487. The first-order valence-corrected chi connectivity index (χ1v) is 14.8. The molecule has 2 aliphatic rings. The third kappa shape index (κ3) is 3.52. The summed E-state index contributed by atoms with van der Waals surface area (Å²) in [5.41, 5.74) is 7.41. The highest BCUT2D eigenvalue weighted by molar-refractivity contribution is 7.26. The molecule has 2 aliphatic heterocycles. The SMILES string of the molecule is c1ccc2c(c1)Oc1ccccc1B2c1ccc2sc3ccc(B4c5ccccc5Oc5ccccc54)cc3c2c1. The molecule has 0 fully saturated rings. The molecular formula is C36H22B2O2S. The van der Waals surface area contributed by atoms with Crippen LogP contribution in [-0.2, 0) is 0 Å². The molecular weight excluding hydrogens is 518 g/mol. The smallest absolute Gasteiger partial charge is 0.250 e. The van der Waals surface area contributed by atoms with E-state index < -0.39 is 0 Å². The second-order valence-corrected chi connectivity index (χ2v) is 11.9. The number of ether oxygens (including phenoxy) is 2. The van der Waals surface area contributed by atoms with E-state index in [2.05, 4.69) is 109 Å². The average Bonchev–Trinajstić information content (AvgIpc) is 3.39. The third-order valence-corrected chi connectivity index (χ3v) is 9.70. The van der Waals surface area contributed by atoms with Crippen LogP contribution in [0.5, 0.6) is 23.0 Å². The first kappa shape index (κ1) is 23.0. The molecule has 0 saturated heterocycles. The minimum atomic E-state index is 0.118. The van der Waals surface area contributed by atoms with Crippen LogP contribution in [0.2, 0.25) is 0 Å².